The summed E-state index contributed by atoms with van der Waals surface area (Å²) >= 11 is 0. The summed E-state index contributed by atoms with van der Waals surface area (Å²) < 4.78 is 20.8. The Hall–Kier alpha value is -4.27. The van der Waals surface area contributed by atoms with E-state index in [0.717, 1.165) is 5.82 Å². The number of aryl methyl sites for hydroxylation is 1. The van der Waals surface area contributed by atoms with E-state index in [1.54, 1.807) is 37.4 Å². The van der Waals surface area contributed by atoms with Crippen molar-refractivity contribution < 1.29 is 13.9 Å². The topological polar surface area (TPSA) is 80.6 Å². The first-order chi connectivity index (χ1) is 17.0. The summed E-state index contributed by atoms with van der Waals surface area (Å²) in [6, 6.07) is 15.1. The Morgan fingerprint density at radius 2 is 1.77 bits per heavy atom. The molecule has 0 bridgehead atoms. The molecule has 5 rings (SSSR count). The number of benzene rings is 2. The zero-order valence-corrected chi connectivity index (χ0v) is 19.4. The fourth-order valence-electron chi connectivity index (χ4n) is 4.26. The number of halogens is 1. The van der Waals surface area contributed by atoms with Gasteiger partial charge in [0.25, 0.3) is 5.56 Å². The van der Waals surface area contributed by atoms with E-state index < -0.39 is 11.8 Å². The number of hydrogen-bond acceptors (Lipinski definition) is 7. The number of hydrogen-bond donors (Lipinski definition) is 0. The van der Waals surface area contributed by atoms with Gasteiger partial charge >= 0.3 is 5.97 Å². The standard InChI is InChI=1S/C26H24FN5O3/c1-17-6-8-19(16-21(17)27)32-24(33)20-9-7-18(25(34)35-2)15-22(20)29-26(32)31-13-11-30(12-14-31)23-5-3-4-10-28-23/h3-10,15-16H,11-14H2,1-2H3. The number of fused-ring (bicyclic) bond motifs is 1. The lowest BCUT2D eigenvalue weighted by molar-refractivity contribution is 0.0601. The average molecular weight is 474 g/mol. The second kappa shape index (κ2) is 9.17. The molecule has 178 valence electrons. The molecule has 0 amide bonds. The normalized spacial score (nSPS) is 13.8. The number of anilines is 2. The summed E-state index contributed by atoms with van der Waals surface area (Å²) in [5, 5.41) is 0.328. The fraction of sp³-hybridized carbons (Fsp3) is 0.231. The predicted molar refractivity (Wildman–Crippen MR) is 132 cm³/mol. The smallest absolute Gasteiger partial charge is 0.337 e. The molecule has 0 N–H and O–H groups in total. The van der Waals surface area contributed by atoms with Gasteiger partial charge < -0.3 is 14.5 Å². The van der Waals surface area contributed by atoms with Crippen LogP contribution in [0, 0.1) is 12.7 Å². The van der Waals surface area contributed by atoms with Gasteiger partial charge in [0.15, 0.2) is 0 Å². The minimum Gasteiger partial charge on any atom is -0.465 e. The van der Waals surface area contributed by atoms with E-state index in [-0.39, 0.29) is 5.56 Å². The summed E-state index contributed by atoms with van der Waals surface area (Å²) in [6.45, 7) is 4.19. The van der Waals surface area contributed by atoms with E-state index in [4.69, 9.17) is 9.72 Å². The van der Waals surface area contributed by atoms with Crippen molar-refractivity contribution in [1.82, 2.24) is 14.5 Å². The van der Waals surface area contributed by atoms with Crippen molar-refractivity contribution in [2.24, 2.45) is 0 Å². The zero-order valence-electron chi connectivity index (χ0n) is 19.4. The van der Waals surface area contributed by atoms with E-state index in [0.29, 0.717) is 59.8 Å². The van der Waals surface area contributed by atoms with Gasteiger partial charge in [-0.2, -0.15) is 0 Å². The van der Waals surface area contributed by atoms with Crippen LogP contribution in [0.4, 0.5) is 16.2 Å². The lowest BCUT2D eigenvalue weighted by atomic mass is 10.1. The van der Waals surface area contributed by atoms with Gasteiger partial charge in [0.05, 0.1) is 29.3 Å². The molecule has 2 aromatic carbocycles. The van der Waals surface area contributed by atoms with Gasteiger partial charge in [-0.3, -0.25) is 4.79 Å². The summed E-state index contributed by atoms with van der Waals surface area (Å²) in [5.74, 6) is 0.373. The molecule has 0 saturated carbocycles. The number of piperazine rings is 1. The van der Waals surface area contributed by atoms with E-state index in [2.05, 4.69) is 9.88 Å². The lowest BCUT2D eigenvalue weighted by Crippen LogP contribution is -2.48. The van der Waals surface area contributed by atoms with Crippen LogP contribution in [0.25, 0.3) is 16.6 Å². The summed E-state index contributed by atoms with van der Waals surface area (Å²) in [4.78, 5) is 39.1. The fourth-order valence-corrected chi connectivity index (χ4v) is 4.26. The van der Waals surface area contributed by atoms with Gasteiger partial charge in [-0.05, 0) is 55.0 Å². The summed E-state index contributed by atoms with van der Waals surface area (Å²) in [6.07, 6.45) is 1.76. The third-order valence-corrected chi connectivity index (χ3v) is 6.22. The molecule has 8 nitrogen and oxygen atoms in total. The number of carbonyl (C=O) groups is 1. The number of carbonyl (C=O) groups excluding carboxylic acids is 1. The molecule has 1 fully saturated rings. The number of nitrogens with zero attached hydrogens (tertiary/aromatic N) is 5. The minimum atomic E-state index is -0.510. The molecule has 0 radical (unpaired) electrons. The third-order valence-electron chi connectivity index (χ3n) is 6.22. The van der Waals surface area contributed by atoms with Crippen molar-refractivity contribution in [3.8, 4) is 5.69 Å². The van der Waals surface area contributed by atoms with Crippen molar-refractivity contribution in [3.05, 3.63) is 88.1 Å². The van der Waals surface area contributed by atoms with Crippen molar-refractivity contribution in [2.75, 3.05) is 43.1 Å². The van der Waals surface area contributed by atoms with E-state index in [1.165, 1.54) is 23.8 Å². The molecule has 0 unspecified atom stereocenters. The Kier molecular flexibility index (Phi) is 5.90. The molecular weight excluding hydrogens is 449 g/mol. The van der Waals surface area contributed by atoms with Gasteiger partial charge in [-0.15, -0.1) is 0 Å². The lowest BCUT2D eigenvalue weighted by Gasteiger charge is -2.36. The Bertz CT molecular complexity index is 1460. The van der Waals surface area contributed by atoms with Crippen LogP contribution in [-0.4, -0.2) is 53.8 Å². The monoisotopic (exact) mass is 473 g/mol. The number of methoxy groups -OCH3 is 1. The van der Waals surface area contributed by atoms with Crippen molar-refractivity contribution >= 4 is 28.6 Å². The highest BCUT2D eigenvalue weighted by molar-refractivity contribution is 5.94. The maximum absolute atomic E-state index is 14.5. The van der Waals surface area contributed by atoms with Gasteiger partial charge in [-0.25, -0.2) is 23.7 Å². The van der Waals surface area contributed by atoms with Gasteiger partial charge in [0.1, 0.15) is 11.6 Å². The minimum absolute atomic E-state index is 0.303. The molecule has 0 atom stereocenters. The first-order valence-electron chi connectivity index (χ1n) is 11.3. The van der Waals surface area contributed by atoms with E-state index in [9.17, 15) is 14.0 Å². The predicted octanol–water partition coefficient (Wildman–Crippen LogP) is 3.34. The van der Waals surface area contributed by atoms with Crippen LogP contribution in [0.5, 0.6) is 0 Å². The maximum atomic E-state index is 14.5. The summed E-state index contributed by atoms with van der Waals surface area (Å²) in [7, 11) is 1.30. The molecule has 2 aromatic heterocycles. The molecule has 1 aliphatic heterocycles. The number of aromatic nitrogens is 3. The van der Waals surface area contributed by atoms with Crippen LogP contribution >= 0.6 is 0 Å². The molecular formula is C26H24FN5O3. The number of ether oxygens (including phenoxy) is 1. The van der Waals surface area contributed by atoms with Crippen molar-refractivity contribution in [2.45, 2.75) is 6.92 Å². The molecule has 1 aliphatic rings. The molecule has 9 heteroatoms. The zero-order chi connectivity index (χ0) is 24.5. The Morgan fingerprint density at radius 1 is 1.00 bits per heavy atom. The molecule has 1 saturated heterocycles. The second-order valence-electron chi connectivity index (χ2n) is 8.37. The average Bonchev–Trinajstić information content (AvgIpc) is 2.90. The second-order valence-corrected chi connectivity index (χ2v) is 8.37. The molecule has 4 aromatic rings. The van der Waals surface area contributed by atoms with Crippen LogP contribution in [0.1, 0.15) is 15.9 Å². The number of esters is 1. The van der Waals surface area contributed by atoms with Crippen LogP contribution in [0.15, 0.2) is 65.6 Å². The van der Waals surface area contributed by atoms with Crippen LogP contribution in [0.3, 0.4) is 0 Å². The van der Waals surface area contributed by atoms with Crippen molar-refractivity contribution in [1.29, 1.82) is 0 Å². The molecule has 35 heavy (non-hydrogen) atoms. The van der Waals surface area contributed by atoms with Crippen molar-refractivity contribution in [3.63, 3.8) is 0 Å². The highest BCUT2D eigenvalue weighted by Crippen LogP contribution is 2.24. The Balaban J connectivity index is 1.61. The molecule has 3 heterocycles. The van der Waals surface area contributed by atoms with Crippen LogP contribution < -0.4 is 15.4 Å². The number of rotatable bonds is 4. The Morgan fingerprint density at radius 3 is 2.46 bits per heavy atom. The quantitative estimate of drug-likeness (QED) is 0.421. The largest absolute Gasteiger partial charge is 0.465 e. The highest BCUT2D eigenvalue weighted by atomic mass is 19.1. The Labute approximate surface area is 201 Å². The SMILES string of the molecule is COC(=O)c1ccc2c(=O)n(-c3ccc(C)c(F)c3)c(N3CCN(c4ccccn4)CC3)nc2c1. The maximum Gasteiger partial charge on any atom is 0.337 e. The van der Waals surface area contributed by atoms with E-state index >= 15 is 0 Å². The van der Waals surface area contributed by atoms with Gasteiger partial charge in [0.2, 0.25) is 5.95 Å². The third kappa shape index (κ3) is 4.21. The first kappa shape index (κ1) is 22.5. The van der Waals surface area contributed by atoms with Gasteiger partial charge in [-0.1, -0.05) is 12.1 Å². The number of pyridine rings is 1. The van der Waals surface area contributed by atoms with E-state index in [1.807, 2.05) is 23.1 Å². The summed E-state index contributed by atoms with van der Waals surface area (Å²) in [5.41, 5.74) is 1.23. The molecule has 0 aliphatic carbocycles. The highest BCUT2D eigenvalue weighted by Gasteiger charge is 2.24. The molecule has 0 spiro atoms. The van der Waals surface area contributed by atoms with Gasteiger partial charge in [0, 0.05) is 32.4 Å². The van der Waals surface area contributed by atoms with Crippen LogP contribution in [-0.2, 0) is 4.74 Å². The first-order valence-corrected chi connectivity index (χ1v) is 11.3. The van der Waals surface area contributed by atoms with Crippen LogP contribution in [0.2, 0.25) is 0 Å².